The van der Waals surface area contributed by atoms with Crippen molar-refractivity contribution in [1.29, 1.82) is 0 Å². The Morgan fingerprint density at radius 2 is 2.20 bits per heavy atom. The zero-order chi connectivity index (χ0) is 13.9. The van der Waals surface area contributed by atoms with Gasteiger partial charge in [0.05, 0.1) is 5.54 Å². The molecule has 1 heterocycles. The van der Waals surface area contributed by atoms with Crippen LogP contribution in [0.2, 0.25) is 0 Å². The van der Waals surface area contributed by atoms with Crippen LogP contribution in [0.3, 0.4) is 0 Å². The second kappa shape index (κ2) is 6.72. The number of hydrogen-bond acceptors (Lipinski definition) is 3. The fourth-order valence-corrected chi connectivity index (χ4v) is 2.46. The second-order valence-electron chi connectivity index (χ2n) is 4.87. The van der Waals surface area contributed by atoms with Crippen molar-refractivity contribution in [3.05, 3.63) is 29.8 Å². The van der Waals surface area contributed by atoms with E-state index in [0.717, 1.165) is 25.8 Å². The van der Waals surface area contributed by atoms with E-state index in [0.29, 0.717) is 11.3 Å². The van der Waals surface area contributed by atoms with Crippen LogP contribution in [-0.4, -0.2) is 23.9 Å². The van der Waals surface area contributed by atoms with E-state index in [1.54, 1.807) is 24.3 Å². The van der Waals surface area contributed by atoms with Gasteiger partial charge in [-0.15, -0.1) is 12.4 Å². The molecule has 1 saturated heterocycles. The fraction of sp³-hybridized carbons (Fsp3) is 0.429. The zero-order valence-corrected chi connectivity index (χ0v) is 12.3. The molecule has 1 unspecified atom stereocenters. The summed E-state index contributed by atoms with van der Waals surface area (Å²) in [5.74, 6) is -0.547. The van der Waals surface area contributed by atoms with Gasteiger partial charge in [0.1, 0.15) is 0 Å². The molecule has 1 aliphatic rings. The lowest BCUT2D eigenvalue weighted by Crippen LogP contribution is -2.50. The van der Waals surface area contributed by atoms with Gasteiger partial charge in [-0.05, 0) is 44.0 Å². The number of rotatable bonds is 4. The number of benzene rings is 1. The van der Waals surface area contributed by atoms with Gasteiger partial charge in [0.2, 0.25) is 11.8 Å². The molecule has 20 heavy (non-hydrogen) atoms. The van der Waals surface area contributed by atoms with Gasteiger partial charge in [-0.1, -0.05) is 13.0 Å². The van der Waals surface area contributed by atoms with Crippen molar-refractivity contribution in [2.24, 2.45) is 5.73 Å². The number of halogens is 1. The highest BCUT2D eigenvalue weighted by Gasteiger charge is 2.39. The first-order valence-corrected chi connectivity index (χ1v) is 6.54. The van der Waals surface area contributed by atoms with Gasteiger partial charge in [0.15, 0.2) is 0 Å². The van der Waals surface area contributed by atoms with Crippen molar-refractivity contribution in [1.82, 2.24) is 5.32 Å². The van der Waals surface area contributed by atoms with E-state index in [-0.39, 0.29) is 18.3 Å². The van der Waals surface area contributed by atoms with Crippen LogP contribution >= 0.6 is 12.4 Å². The molecular formula is C14H20ClN3O2. The van der Waals surface area contributed by atoms with Crippen LogP contribution < -0.4 is 16.4 Å². The maximum absolute atomic E-state index is 12.4. The normalized spacial score (nSPS) is 21.1. The lowest BCUT2D eigenvalue weighted by Gasteiger charge is -2.26. The second-order valence-corrected chi connectivity index (χ2v) is 4.87. The quantitative estimate of drug-likeness (QED) is 0.790. The Morgan fingerprint density at radius 1 is 1.45 bits per heavy atom. The molecule has 1 atom stereocenters. The lowest BCUT2D eigenvalue weighted by molar-refractivity contribution is -0.122. The van der Waals surface area contributed by atoms with Gasteiger partial charge in [-0.2, -0.15) is 0 Å². The number of carbonyl (C=O) groups excluding carboxylic acids is 2. The molecule has 1 aliphatic heterocycles. The Hall–Kier alpha value is -1.59. The Morgan fingerprint density at radius 3 is 2.75 bits per heavy atom. The minimum absolute atomic E-state index is 0. The number of amides is 2. The predicted molar refractivity (Wildman–Crippen MR) is 81.1 cm³/mol. The smallest absolute Gasteiger partial charge is 0.248 e. The van der Waals surface area contributed by atoms with E-state index in [2.05, 4.69) is 10.6 Å². The SMILES string of the molecule is CCC1(C(=O)Nc2cccc(C(N)=O)c2)CCCN1.Cl. The van der Waals surface area contributed by atoms with Crippen LogP contribution in [0.5, 0.6) is 0 Å². The molecule has 0 aliphatic carbocycles. The summed E-state index contributed by atoms with van der Waals surface area (Å²) >= 11 is 0. The van der Waals surface area contributed by atoms with Gasteiger partial charge in [0.25, 0.3) is 0 Å². The number of nitrogens with one attached hydrogen (secondary N) is 2. The van der Waals surface area contributed by atoms with Crippen LogP contribution in [0.15, 0.2) is 24.3 Å². The van der Waals surface area contributed by atoms with Crippen molar-refractivity contribution in [3.8, 4) is 0 Å². The topological polar surface area (TPSA) is 84.2 Å². The summed E-state index contributed by atoms with van der Waals surface area (Å²) in [6.45, 7) is 2.86. The van der Waals surface area contributed by atoms with Crippen LogP contribution in [-0.2, 0) is 4.79 Å². The molecule has 110 valence electrons. The van der Waals surface area contributed by atoms with Crippen LogP contribution in [0.25, 0.3) is 0 Å². The highest BCUT2D eigenvalue weighted by atomic mass is 35.5. The third-order valence-electron chi connectivity index (χ3n) is 3.69. The van der Waals surface area contributed by atoms with Crippen molar-refractivity contribution in [2.45, 2.75) is 31.7 Å². The number of anilines is 1. The third-order valence-corrected chi connectivity index (χ3v) is 3.69. The molecule has 0 saturated carbocycles. The van der Waals surface area contributed by atoms with E-state index in [9.17, 15) is 9.59 Å². The summed E-state index contributed by atoms with van der Waals surface area (Å²) in [6, 6.07) is 6.68. The van der Waals surface area contributed by atoms with Crippen molar-refractivity contribution in [2.75, 3.05) is 11.9 Å². The summed E-state index contributed by atoms with van der Waals surface area (Å²) in [4.78, 5) is 23.5. The average Bonchev–Trinajstić information content (AvgIpc) is 2.89. The van der Waals surface area contributed by atoms with Gasteiger partial charge in [0, 0.05) is 11.3 Å². The fourth-order valence-electron chi connectivity index (χ4n) is 2.46. The predicted octanol–water partition coefficient (Wildman–Crippen LogP) is 1.68. The molecule has 2 amide bonds. The summed E-state index contributed by atoms with van der Waals surface area (Å²) in [5.41, 5.74) is 5.73. The van der Waals surface area contributed by atoms with Gasteiger partial charge >= 0.3 is 0 Å². The van der Waals surface area contributed by atoms with Crippen LogP contribution in [0, 0.1) is 0 Å². The van der Waals surface area contributed by atoms with E-state index < -0.39 is 11.4 Å². The van der Waals surface area contributed by atoms with Gasteiger partial charge in [-0.3, -0.25) is 9.59 Å². The first-order chi connectivity index (χ1) is 9.07. The molecule has 2 rings (SSSR count). The number of nitrogens with two attached hydrogens (primary N) is 1. The zero-order valence-electron chi connectivity index (χ0n) is 11.4. The Kier molecular flexibility index (Phi) is 5.53. The largest absolute Gasteiger partial charge is 0.366 e. The van der Waals surface area contributed by atoms with Crippen molar-refractivity contribution >= 4 is 29.9 Å². The first-order valence-electron chi connectivity index (χ1n) is 6.54. The summed E-state index contributed by atoms with van der Waals surface area (Å²) in [7, 11) is 0. The minimum Gasteiger partial charge on any atom is -0.366 e. The maximum Gasteiger partial charge on any atom is 0.248 e. The van der Waals surface area contributed by atoms with Crippen LogP contribution in [0.1, 0.15) is 36.5 Å². The van der Waals surface area contributed by atoms with Gasteiger partial charge in [-0.25, -0.2) is 0 Å². The van der Waals surface area contributed by atoms with Crippen LogP contribution in [0.4, 0.5) is 5.69 Å². The van der Waals surface area contributed by atoms with E-state index >= 15 is 0 Å². The van der Waals surface area contributed by atoms with Crippen molar-refractivity contribution < 1.29 is 9.59 Å². The van der Waals surface area contributed by atoms with E-state index in [4.69, 9.17) is 5.73 Å². The highest BCUT2D eigenvalue weighted by Crippen LogP contribution is 2.25. The Bertz CT molecular complexity index is 499. The summed E-state index contributed by atoms with van der Waals surface area (Å²) in [5, 5.41) is 6.14. The summed E-state index contributed by atoms with van der Waals surface area (Å²) in [6.07, 6.45) is 2.59. The standard InChI is InChI=1S/C14H19N3O2.ClH/c1-2-14(7-4-8-16-14)13(19)17-11-6-3-5-10(9-11)12(15)18;/h3,5-6,9,16H,2,4,7-8H2,1H3,(H2,15,18)(H,17,19);1H. The lowest BCUT2D eigenvalue weighted by atomic mass is 9.93. The average molecular weight is 298 g/mol. The molecular weight excluding hydrogens is 278 g/mol. The molecule has 0 spiro atoms. The number of carbonyl (C=O) groups is 2. The molecule has 0 radical (unpaired) electrons. The summed E-state index contributed by atoms with van der Waals surface area (Å²) < 4.78 is 0. The molecule has 0 bridgehead atoms. The molecule has 1 fully saturated rings. The Labute approximate surface area is 124 Å². The third kappa shape index (κ3) is 3.29. The Balaban J connectivity index is 0.00000200. The molecule has 5 nitrogen and oxygen atoms in total. The first kappa shape index (κ1) is 16.5. The van der Waals surface area contributed by atoms with Crippen molar-refractivity contribution in [3.63, 3.8) is 0 Å². The van der Waals surface area contributed by atoms with E-state index in [1.807, 2.05) is 6.92 Å². The molecule has 6 heteroatoms. The molecule has 4 N–H and O–H groups in total. The minimum atomic E-state index is -0.500. The van der Waals surface area contributed by atoms with Gasteiger partial charge < -0.3 is 16.4 Å². The molecule has 1 aromatic rings. The van der Waals surface area contributed by atoms with E-state index in [1.165, 1.54) is 0 Å². The molecule has 1 aromatic carbocycles. The number of primary amides is 1. The monoisotopic (exact) mass is 297 g/mol. The molecule has 0 aromatic heterocycles. The number of hydrogen-bond donors (Lipinski definition) is 3. The maximum atomic E-state index is 12.4. The highest BCUT2D eigenvalue weighted by molar-refractivity contribution is 6.00.